The van der Waals surface area contributed by atoms with Crippen LogP contribution in [0.4, 0.5) is 0 Å². The summed E-state index contributed by atoms with van der Waals surface area (Å²) in [5.41, 5.74) is 0.588. The van der Waals surface area contributed by atoms with Gasteiger partial charge in [0.25, 0.3) is 0 Å². The van der Waals surface area contributed by atoms with E-state index in [-0.39, 0.29) is 5.78 Å². The Bertz CT molecular complexity index is 339. The standard InChI is InChI=1S/C16H34.C7H11NO2.C2H6/c1-4-6-8-10-11-13-15-16(3)14-12-9-7-5-2;1-6(8-5-9)3-4-7(2)10;1-2/h16H,4-15H2,1-3H3;5H,1,3-4H2,2H3,(H,8,9);1-2H3. The van der Waals surface area contributed by atoms with Crippen molar-refractivity contribution in [2.45, 2.75) is 131 Å². The van der Waals surface area contributed by atoms with Crippen LogP contribution < -0.4 is 5.32 Å². The molecule has 0 spiro atoms. The zero-order chi connectivity index (χ0) is 22.0. The second-order valence-electron chi connectivity index (χ2n) is 7.58. The SMILES string of the molecule is C=C(CCC(C)=O)NC=O.CC.CCCCCCCCC(C)CCCCCC. The van der Waals surface area contributed by atoms with Gasteiger partial charge >= 0.3 is 0 Å². The molecule has 0 aliphatic heterocycles. The summed E-state index contributed by atoms with van der Waals surface area (Å²) in [5.74, 6) is 1.08. The molecule has 0 aliphatic carbocycles. The van der Waals surface area contributed by atoms with E-state index in [0.29, 0.717) is 24.9 Å². The van der Waals surface area contributed by atoms with E-state index < -0.39 is 0 Å². The number of rotatable bonds is 17. The molecule has 28 heavy (non-hydrogen) atoms. The number of hydrogen-bond acceptors (Lipinski definition) is 2. The van der Waals surface area contributed by atoms with Gasteiger partial charge in [-0.25, -0.2) is 0 Å². The number of amides is 1. The number of allylic oxidation sites excluding steroid dienone is 1. The second-order valence-corrected chi connectivity index (χ2v) is 7.58. The van der Waals surface area contributed by atoms with Crippen molar-refractivity contribution in [3.8, 4) is 0 Å². The van der Waals surface area contributed by atoms with Crippen molar-refractivity contribution in [1.29, 1.82) is 0 Å². The summed E-state index contributed by atoms with van der Waals surface area (Å²) in [4.78, 5) is 20.2. The number of nitrogens with one attached hydrogen (secondary N) is 1. The summed E-state index contributed by atoms with van der Waals surface area (Å²) in [5, 5.41) is 2.37. The van der Waals surface area contributed by atoms with Crippen LogP contribution in [0.3, 0.4) is 0 Å². The number of carbonyl (C=O) groups is 2. The fourth-order valence-corrected chi connectivity index (χ4v) is 2.82. The lowest BCUT2D eigenvalue weighted by Gasteiger charge is -2.10. The lowest BCUT2D eigenvalue weighted by atomic mass is 9.96. The Morgan fingerprint density at radius 2 is 1.29 bits per heavy atom. The molecule has 3 heteroatoms. The van der Waals surface area contributed by atoms with Gasteiger partial charge in [-0.2, -0.15) is 0 Å². The van der Waals surface area contributed by atoms with Crippen LogP contribution in [0.1, 0.15) is 131 Å². The molecule has 0 aromatic carbocycles. The van der Waals surface area contributed by atoms with Gasteiger partial charge in [0.15, 0.2) is 0 Å². The molecule has 1 unspecified atom stereocenters. The summed E-state index contributed by atoms with van der Waals surface area (Å²) in [6.45, 7) is 16.1. The summed E-state index contributed by atoms with van der Waals surface area (Å²) >= 11 is 0. The third-order valence-corrected chi connectivity index (χ3v) is 4.64. The highest BCUT2D eigenvalue weighted by Gasteiger charge is 2.01. The first kappa shape index (κ1) is 31.6. The molecule has 0 aliphatic rings. The van der Waals surface area contributed by atoms with Gasteiger partial charge in [-0.05, 0) is 19.3 Å². The molecule has 0 radical (unpaired) electrons. The second kappa shape index (κ2) is 28.1. The van der Waals surface area contributed by atoms with E-state index in [9.17, 15) is 9.59 Å². The van der Waals surface area contributed by atoms with Gasteiger partial charge in [0, 0.05) is 12.1 Å². The molecule has 0 bridgehead atoms. The monoisotopic (exact) mass is 397 g/mol. The molecule has 0 saturated heterocycles. The van der Waals surface area contributed by atoms with Gasteiger partial charge in [-0.15, -0.1) is 0 Å². The summed E-state index contributed by atoms with van der Waals surface area (Å²) in [6.07, 6.45) is 18.9. The molecule has 0 aromatic rings. The number of ketones is 1. The third-order valence-electron chi connectivity index (χ3n) is 4.64. The molecular weight excluding hydrogens is 346 g/mol. The van der Waals surface area contributed by atoms with Crippen molar-refractivity contribution in [3.05, 3.63) is 12.3 Å². The quantitative estimate of drug-likeness (QED) is 0.200. The van der Waals surface area contributed by atoms with Gasteiger partial charge in [-0.1, -0.05) is 118 Å². The molecule has 1 amide bonds. The number of unbranched alkanes of at least 4 members (excludes halogenated alkanes) is 8. The molecule has 1 N–H and O–H groups in total. The van der Waals surface area contributed by atoms with Crippen LogP contribution in [0.2, 0.25) is 0 Å². The number of hydrogen-bond donors (Lipinski definition) is 1. The van der Waals surface area contributed by atoms with E-state index in [1.54, 1.807) is 0 Å². The predicted molar refractivity (Wildman–Crippen MR) is 126 cm³/mol. The first-order valence-corrected chi connectivity index (χ1v) is 11.8. The van der Waals surface area contributed by atoms with Crippen LogP contribution >= 0.6 is 0 Å². The molecule has 1 atom stereocenters. The average Bonchev–Trinajstić information content (AvgIpc) is 2.69. The van der Waals surface area contributed by atoms with Crippen LogP contribution in [0.25, 0.3) is 0 Å². The van der Waals surface area contributed by atoms with E-state index in [2.05, 4.69) is 32.7 Å². The van der Waals surface area contributed by atoms with Crippen LogP contribution in [-0.4, -0.2) is 12.2 Å². The minimum absolute atomic E-state index is 0.105. The highest BCUT2D eigenvalue weighted by molar-refractivity contribution is 5.75. The van der Waals surface area contributed by atoms with Crippen LogP contribution in [0.15, 0.2) is 12.3 Å². The van der Waals surface area contributed by atoms with Crippen molar-refractivity contribution in [1.82, 2.24) is 5.32 Å². The van der Waals surface area contributed by atoms with E-state index >= 15 is 0 Å². The summed E-state index contributed by atoms with van der Waals surface area (Å²) in [7, 11) is 0. The largest absolute Gasteiger partial charge is 0.333 e. The lowest BCUT2D eigenvalue weighted by molar-refractivity contribution is -0.117. The smallest absolute Gasteiger partial charge is 0.211 e. The summed E-state index contributed by atoms with van der Waals surface area (Å²) in [6, 6.07) is 0. The minimum atomic E-state index is 0.105. The van der Waals surface area contributed by atoms with E-state index in [1.807, 2.05) is 13.8 Å². The van der Waals surface area contributed by atoms with E-state index in [4.69, 9.17) is 0 Å². The van der Waals surface area contributed by atoms with Crippen molar-refractivity contribution >= 4 is 12.2 Å². The molecule has 0 aromatic heterocycles. The Balaban J connectivity index is -0.000000447. The van der Waals surface area contributed by atoms with E-state index in [0.717, 1.165) is 5.92 Å². The zero-order valence-electron chi connectivity index (χ0n) is 20.1. The Morgan fingerprint density at radius 3 is 1.71 bits per heavy atom. The van der Waals surface area contributed by atoms with Crippen molar-refractivity contribution in [2.75, 3.05) is 0 Å². The first-order chi connectivity index (χ1) is 13.5. The van der Waals surface area contributed by atoms with Gasteiger partial charge in [0.1, 0.15) is 5.78 Å². The fourth-order valence-electron chi connectivity index (χ4n) is 2.82. The summed E-state index contributed by atoms with van der Waals surface area (Å²) < 4.78 is 0. The molecule has 3 nitrogen and oxygen atoms in total. The van der Waals surface area contributed by atoms with Gasteiger partial charge < -0.3 is 10.1 Å². The molecule has 0 fully saturated rings. The van der Waals surface area contributed by atoms with Crippen molar-refractivity contribution < 1.29 is 9.59 Å². The first-order valence-electron chi connectivity index (χ1n) is 11.8. The Morgan fingerprint density at radius 1 is 0.857 bits per heavy atom. The maximum absolute atomic E-state index is 10.4. The third kappa shape index (κ3) is 32.5. The Labute approximate surface area is 177 Å². The van der Waals surface area contributed by atoms with E-state index in [1.165, 1.54) is 84.0 Å². The van der Waals surface area contributed by atoms with Gasteiger partial charge in [0.05, 0.1) is 0 Å². The van der Waals surface area contributed by atoms with Crippen LogP contribution in [0.5, 0.6) is 0 Å². The highest BCUT2D eigenvalue weighted by Crippen LogP contribution is 2.17. The number of carbonyl (C=O) groups excluding carboxylic acids is 2. The van der Waals surface area contributed by atoms with Crippen LogP contribution in [0, 0.1) is 5.92 Å². The Kier molecular flexibility index (Phi) is 31.7. The topological polar surface area (TPSA) is 46.2 Å². The molecular formula is C25H51NO2. The highest BCUT2D eigenvalue weighted by atomic mass is 16.1. The van der Waals surface area contributed by atoms with Crippen LogP contribution in [-0.2, 0) is 9.59 Å². The maximum Gasteiger partial charge on any atom is 0.211 e. The molecule has 168 valence electrons. The maximum atomic E-state index is 10.4. The molecule has 0 saturated carbocycles. The lowest BCUT2D eigenvalue weighted by Crippen LogP contribution is -2.09. The normalized spacial score (nSPS) is 10.6. The predicted octanol–water partition coefficient (Wildman–Crippen LogP) is 7.99. The molecule has 0 rings (SSSR count). The number of Topliss-reactive ketones (excluding diaryl/α,β-unsaturated/α-hetero) is 1. The fraction of sp³-hybridized carbons (Fsp3) is 0.840. The van der Waals surface area contributed by atoms with Gasteiger partial charge in [-0.3, -0.25) is 4.79 Å². The average molecular weight is 398 g/mol. The zero-order valence-corrected chi connectivity index (χ0v) is 20.1. The van der Waals surface area contributed by atoms with Crippen molar-refractivity contribution in [2.24, 2.45) is 5.92 Å². The Hall–Kier alpha value is -1.12. The minimum Gasteiger partial charge on any atom is -0.333 e. The van der Waals surface area contributed by atoms with Crippen molar-refractivity contribution in [3.63, 3.8) is 0 Å². The molecule has 0 heterocycles. The van der Waals surface area contributed by atoms with Gasteiger partial charge in [0.2, 0.25) is 6.41 Å².